The third-order valence-electron chi connectivity index (χ3n) is 2.29. The van der Waals surface area contributed by atoms with Gasteiger partial charge >= 0.3 is 5.97 Å². The van der Waals surface area contributed by atoms with Crippen molar-refractivity contribution in [2.45, 2.75) is 26.4 Å². The molecule has 16 heavy (non-hydrogen) atoms. The molecule has 1 aromatic rings. The fraction of sp³-hybridized carbons (Fsp3) is 0.417. The minimum atomic E-state index is -0.998. The Balaban J connectivity index is 2.91. The first-order chi connectivity index (χ1) is 7.58. The van der Waals surface area contributed by atoms with E-state index in [2.05, 4.69) is 0 Å². The fourth-order valence-corrected chi connectivity index (χ4v) is 1.27. The molecule has 1 N–H and O–H groups in total. The average Bonchev–Trinajstić information content (AvgIpc) is 2.29. The number of carbonyl (C=O) groups is 1. The third kappa shape index (κ3) is 2.89. The highest BCUT2D eigenvalue weighted by Gasteiger charge is 2.15. The van der Waals surface area contributed by atoms with Crippen molar-refractivity contribution in [2.75, 3.05) is 7.11 Å². The van der Waals surface area contributed by atoms with E-state index in [9.17, 15) is 4.79 Å². The lowest BCUT2D eigenvalue weighted by Crippen LogP contribution is -2.23. The quantitative estimate of drug-likeness (QED) is 0.832. The standard InChI is InChI=1S/C12H16O4/c1-4-9-5-6-10(11(7-9)15-3)16-8(2)12(13)14/h5-8H,4H2,1-3H3,(H,13,14)/t8-/m0/s1. The van der Waals surface area contributed by atoms with Gasteiger partial charge in [0.2, 0.25) is 0 Å². The van der Waals surface area contributed by atoms with E-state index in [0.717, 1.165) is 12.0 Å². The van der Waals surface area contributed by atoms with Crippen LogP contribution in [0.15, 0.2) is 18.2 Å². The number of hydrogen-bond acceptors (Lipinski definition) is 3. The van der Waals surface area contributed by atoms with Gasteiger partial charge in [-0.15, -0.1) is 0 Å². The predicted octanol–water partition coefficient (Wildman–Crippen LogP) is 2.11. The second kappa shape index (κ2) is 5.39. The van der Waals surface area contributed by atoms with Crippen LogP contribution in [0.2, 0.25) is 0 Å². The molecule has 1 aromatic carbocycles. The zero-order chi connectivity index (χ0) is 12.1. The molecule has 0 spiro atoms. The van der Waals surface area contributed by atoms with Gasteiger partial charge in [-0.2, -0.15) is 0 Å². The Hall–Kier alpha value is -1.71. The molecule has 0 aliphatic heterocycles. The zero-order valence-corrected chi connectivity index (χ0v) is 9.69. The number of hydrogen-bond donors (Lipinski definition) is 1. The molecule has 4 heteroatoms. The van der Waals surface area contributed by atoms with Gasteiger partial charge in [0.25, 0.3) is 0 Å². The van der Waals surface area contributed by atoms with Crippen LogP contribution in [-0.4, -0.2) is 24.3 Å². The van der Waals surface area contributed by atoms with Crippen LogP contribution in [0.25, 0.3) is 0 Å². The molecule has 0 amide bonds. The molecule has 88 valence electrons. The topological polar surface area (TPSA) is 55.8 Å². The summed E-state index contributed by atoms with van der Waals surface area (Å²) >= 11 is 0. The van der Waals surface area contributed by atoms with Crippen molar-refractivity contribution in [2.24, 2.45) is 0 Å². The van der Waals surface area contributed by atoms with E-state index in [0.29, 0.717) is 11.5 Å². The maximum absolute atomic E-state index is 10.7. The van der Waals surface area contributed by atoms with Gasteiger partial charge in [-0.05, 0) is 31.0 Å². The van der Waals surface area contributed by atoms with E-state index < -0.39 is 12.1 Å². The summed E-state index contributed by atoms with van der Waals surface area (Å²) in [6.45, 7) is 3.52. The molecule has 0 radical (unpaired) electrons. The molecular weight excluding hydrogens is 208 g/mol. The highest BCUT2D eigenvalue weighted by atomic mass is 16.5. The first-order valence-corrected chi connectivity index (χ1v) is 5.14. The number of ether oxygens (including phenoxy) is 2. The highest BCUT2D eigenvalue weighted by Crippen LogP contribution is 2.29. The molecule has 4 nitrogen and oxygen atoms in total. The Morgan fingerprint density at radius 3 is 2.62 bits per heavy atom. The summed E-state index contributed by atoms with van der Waals surface area (Å²) in [7, 11) is 1.53. The molecule has 0 bridgehead atoms. The summed E-state index contributed by atoms with van der Waals surface area (Å²) in [6, 6.07) is 5.48. The van der Waals surface area contributed by atoms with Crippen molar-refractivity contribution in [1.29, 1.82) is 0 Å². The van der Waals surface area contributed by atoms with Crippen LogP contribution in [0.3, 0.4) is 0 Å². The van der Waals surface area contributed by atoms with Crippen molar-refractivity contribution < 1.29 is 19.4 Å². The zero-order valence-electron chi connectivity index (χ0n) is 9.69. The molecule has 0 unspecified atom stereocenters. The van der Waals surface area contributed by atoms with Gasteiger partial charge < -0.3 is 14.6 Å². The first-order valence-electron chi connectivity index (χ1n) is 5.14. The Morgan fingerprint density at radius 2 is 2.12 bits per heavy atom. The molecular formula is C12H16O4. The number of carboxylic acids is 1. The van der Waals surface area contributed by atoms with Gasteiger partial charge in [-0.3, -0.25) is 0 Å². The summed E-state index contributed by atoms with van der Waals surface area (Å²) in [5, 5.41) is 8.74. The maximum atomic E-state index is 10.7. The summed E-state index contributed by atoms with van der Waals surface area (Å²) in [6.07, 6.45) is 0.00636. The SMILES string of the molecule is CCc1ccc(O[C@@H](C)C(=O)O)c(OC)c1. The molecule has 1 rings (SSSR count). The van der Waals surface area contributed by atoms with E-state index in [1.54, 1.807) is 6.07 Å². The van der Waals surface area contributed by atoms with Crippen molar-refractivity contribution in [3.05, 3.63) is 23.8 Å². The summed E-state index contributed by atoms with van der Waals surface area (Å²) in [5.74, 6) is 0.0173. The Bertz CT molecular complexity index is 373. The van der Waals surface area contributed by atoms with Crippen LogP contribution >= 0.6 is 0 Å². The number of benzene rings is 1. The highest BCUT2D eigenvalue weighted by molar-refractivity contribution is 5.72. The lowest BCUT2D eigenvalue weighted by atomic mass is 10.1. The van der Waals surface area contributed by atoms with E-state index in [1.807, 2.05) is 19.1 Å². The normalized spacial score (nSPS) is 11.9. The second-order valence-corrected chi connectivity index (χ2v) is 3.44. The van der Waals surface area contributed by atoms with Crippen LogP contribution in [0.1, 0.15) is 19.4 Å². The molecule has 0 aliphatic carbocycles. The predicted molar refractivity (Wildman–Crippen MR) is 60.1 cm³/mol. The van der Waals surface area contributed by atoms with Gasteiger partial charge in [0.15, 0.2) is 17.6 Å². The Morgan fingerprint density at radius 1 is 1.44 bits per heavy atom. The molecule has 1 atom stereocenters. The first kappa shape index (κ1) is 12.4. The third-order valence-corrected chi connectivity index (χ3v) is 2.29. The van der Waals surface area contributed by atoms with Crippen molar-refractivity contribution in [1.82, 2.24) is 0 Å². The number of rotatable bonds is 5. The summed E-state index contributed by atoms with van der Waals surface area (Å²) < 4.78 is 10.4. The maximum Gasteiger partial charge on any atom is 0.344 e. The Kier molecular flexibility index (Phi) is 4.17. The van der Waals surface area contributed by atoms with Gasteiger partial charge in [-0.25, -0.2) is 4.79 Å². The number of carboxylic acid groups (broad SMARTS) is 1. The monoisotopic (exact) mass is 224 g/mol. The van der Waals surface area contributed by atoms with Gasteiger partial charge in [0, 0.05) is 0 Å². The van der Waals surface area contributed by atoms with Crippen LogP contribution in [0.5, 0.6) is 11.5 Å². The van der Waals surface area contributed by atoms with Crippen molar-refractivity contribution >= 4 is 5.97 Å². The summed E-state index contributed by atoms with van der Waals surface area (Å²) in [5.41, 5.74) is 1.12. The number of aliphatic carboxylic acids is 1. The van der Waals surface area contributed by atoms with Crippen molar-refractivity contribution in [3.8, 4) is 11.5 Å². The fourth-order valence-electron chi connectivity index (χ4n) is 1.27. The van der Waals surface area contributed by atoms with Gasteiger partial charge in [0.1, 0.15) is 0 Å². The molecule has 0 fully saturated rings. The largest absolute Gasteiger partial charge is 0.493 e. The van der Waals surface area contributed by atoms with E-state index in [1.165, 1.54) is 14.0 Å². The van der Waals surface area contributed by atoms with E-state index in [-0.39, 0.29) is 0 Å². The number of methoxy groups -OCH3 is 1. The molecule has 0 saturated carbocycles. The van der Waals surface area contributed by atoms with E-state index >= 15 is 0 Å². The molecule has 0 aliphatic rings. The second-order valence-electron chi connectivity index (χ2n) is 3.44. The molecule has 0 aromatic heterocycles. The van der Waals surface area contributed by atoms with Gasteiger partial charge in [0.05, 0.1) is 7.11 Å². The molecule has 0 saturated heterocycles. The van der Waals surface area contributed by atoms with Crippen molar-refractivity contribution in [3.63, 3.8) is 0 Å². The average molecular weight is 224 g/mol. The number of aryl methyl sites for hydroxylation is 1. The van der Waals surface area contributed by atoms with E-state index in [4.69, 9.17) is 14.6 Å². The molecule has 0 heterocycles. The smallest absolute Gasteiger partial charge is 0.344 e. The van der Waals surface area contributed by atoms with Crippen LogP contribution in [0, 0.1) is 0 Å². The summed E-state index contributed by atoms with van der Waals surface area (Å²) in [4.78, 5) is 10.7. The van der Waals surface area contributed by atoms with Crippen LogP contribution in [-0.2, 0) is 11.2 Å². The minimum Gasteiger partial charge on any atom is -0.493 e. The van der Waals surface area contributed by atoms with Gasteiger partial charge in [-0.1, -0.05) is 13.0 Å². The lowest BCUT2D eigenvalue weighted by Gasteiger charge is -2.14. The van der Waals surface area contributed by atoms with Crippen LogP contribution in [0.4, 0.5) is 0 Å². The lowest BCUT2D eigenvalue weighted by molar-refractivity contribution is -0.144. The minimum absolute atomic E-state index is 0.453. The van der Waals surface area contributed by atoms with Crippen LogP contribution < -0.4 is 9.47 Å². The Labute approximate surface area is 94.8 Å².